The molecule has 0 aromatic carbocycles. The molecule has 1 unspecified atom stereocenters. The van der Waals surface area contributed by atoms with Gasteiger partial charge in [-0.25, -0.2) is 4.79 Å². The lowest BCUT2D eigenvalue weighted by atomic mass is 10.3. The summed E-state index contributed by atoms with van der Waals surface area (Å²) in [5, 5.41) is 12.0. The number of carbonyl (C=O) groups excluding carboxylic acids is 1. The zero-order chi connectivity index (χ0) is 14.4. The minimum absolute atomic E-state index is 0.0823. The fourth-order valence-corrected chi connectivity index (χ4v) is 5.10. The lowest BCUT2D eigenvalue weighted by molar-refractivity contribution is -0.131. The molecule has 1 saturated heterocycles. The van der Waals surface area contributed by atoms with Crippen molar-refractivity contribution in [3.63, 3.8) is 0 Å². The van der Waals surface area contributed by atoms with Crippen molar-refractivity contribution in [1.82, 2.24) is 5.32 Å². The molecule has 4 nitrogen and oxygen atoms in total. The molecule has 1 aromatic heterocycles. The van der Waals surface area contributed by atoms with Crippen LogP contribution in [-0.2, 0) is 4.79 Å². The van der Waals surface area contributed by atoms with E-state index in [1.54, 1.807) is 12.1 Å². The monoisotopic (exact) mass is 329 g/mol. The smallest absolute Gasteiger partial charge is 0.328 e. The highest BCUT2D eigenvalue weighted by Crippen LogP contribution is 2.23. The summed E-state index contributed by atoms with van der Waals surface area (Å²) >= 11 is 5.13. The van der Waals surface area contributed by atoms with Crippen LogP contribution in [0.5, 0.6) is 0 Å². The van der Waals surface area contributed by atoms with Gasteiger partial charge in [-0.3, -0.25) is 4.79 Å². The predicted octanol–water partition coefficient (Wildman–Crippen LogP) is 2.42. The Morgan fingerprint density at radius 1 is 1.40 bits per heavy atom. The van der Waals surface area contributed by atoms with E-state index in [2.05, 4.69) is 5.32 Å². The summed E-state index contributed by atoms with van der Waals surface area (Å²) in [5.74, 6) is 2.35. The van der Waals surface area contributed by atoms with Crippen LogP contribution >= 0.6 is 34.9 Å². The van der Waals surface area contributed by atoms with Crippen LogP contribution < -0.4 is 5.32 Å². The van der Waals surface area contributed by atoms with Gasteiger partial charge in [-0.1, -0.05) is 0 Å². The maximum atomic E-state index is 12.0. The first-order valence-electron chi connectivity index (χ1n) is 6.13. The maximum Gasteiger partial charge on any atom is 0.328 e. The van der Waals surface area contributed by atoms with Gasteiger partial charge in [0.2, 0.25) is 0 Å². The number of amides is 1. The molecule has 0 aliphatic carbocycles. The summed E-state index contributed by atoms with van der Waals surface area (Å²) in [6, 6.07) is 3.48. The molecule has 2 N–H and O–H groups in total. The molecule has 1 amide bonds. The van der Waals surface area contributed by atoms with Gasteiger partial charge >= 0.3 is 5.97 Å². The van der Waals surface area contributed by atoms with Crippen LogP contribution in [0.2, 0.25) is 0 Å². The second-order valence-corrected chi connectivity index (χ2v) is 7.82. The average molecular weight is 329 g/mol. The van der Waals surface area contributed by atoms with E-state index >= 15 is 0 Å². The largest absolute Gasteiger partial charge is 0.478 e. The molecule has 20 heavy (non-hydrogen) atoms. The number of hydrogen-bond donors (Lipinski definition) is 2. The third-order valence-electron chi connectivity index (χ3n) is 2.62. The lowest BCUT2D eigenvalue weighted by Crippen LogP contribution is -2.33. The van der Waals surface area contributed by atoms with Gasteiger partial charge in [-0.15, -0.1) is 11.3 Å². The van der Waals surface area contributed by atoms with Crippen molar-refractivity contribution >= 4 is 52.8 Å². The van der Waals surface area contributed by atoms with Gasteiger partial charge in [0.1, 0.15) is 0 Å². The summed E-state index contributed by atoms with van der Waals surface area (Å²) < 4.78 is 0. The van der Waals surface area contributed by atoms with Crippen molar-refractivity contribution in [3.8, 4) is 0 Å². The van der Waals surface area contributed by atoms with Crippen molar-refractivity contribution in [2.75, 3.05) is 23.8 Å². The number of hydrogen-bond acceptors (Lipinski definition) is 5. The molecule has 2 rings (SSSR count). The first-order valence-corrected chi connectivity index (χ1v) is 9.15. The normalized spacial score (nSPS) is 19.1. The van der Waals surface area contributed by atoms with Gasteiger partial charge in [0, 0.05) is 40.0 Å². The van der Waals surface area contributed by atoms with E-state index in [1.165, 1.54) is 23.2 Å². The third-order valence-corrected chi connectivity index (χ3v) is 6.51. The zero-order valence-electron chi connectivity index (χ0n) is 10.7. The van der Waals surface area contributed by atoms with Crippen LogP contribution in [0.25, 0.3) is 6.08 Å². The number of carboxylic acid groups (broad SMARTS) is 1. The summed E-state index contributed by atoms with van der Waals surface area (Å²) in [5.41, 5.74) is 0. The maximum absolute atomic E-state index is 12.0. The molecule has 0 saturated carbocycles. The SMILES string of the molecule is O=C(O)/C=C/c1ccc(C(=O)NCC2CSCCS2)s1. The topological polar surface area (TPSA) is 66.4 Å². The van der Waals surface area contributed by atoms with Crippen LogP contribution in [0.4, 0.5) is 0 Å². The summed E-state index contributed by atoms with van der Waals surface area (Å²) in [6.45, 7) is 0.689. The number of thiophene rings is 1. The second kappa shape index (κ2) is 7.75. The molecule has 1 aromatic rings. The number of aliphatic carboxylic acids is 1. The summed E-state index contributed by atoms with van der Waals surface area (Å²) in [4.78, 5) is 23.8. The lowest BCUT2D eigenvalue weighted by Gasteiger charge is -2.20. The number of carbonyl (C=O) groups is 2. The Morgan fingerprint density at radius 2 is 2.25 bits per heavy atom. The van der Waals surface area contributed by atoms with Gasteiger partial charge < -0.3 is 10.4 Å². The molecule has 0 bridgehead atoms. The summed E-state index contributed by atoms with van der Waals surface area (Å²) in [6.07, 6.45) is 2.57. The predicted molar refractivity (Wildman–Crippen MR) is 86.9 cm³/mol. The van der Waals surface area contributed by atoms with Crippen molar-refractivity contribution in [2.24, 2.45) is 0 Å². The average Bonchev–Trinajstić information content (AvgIpc) is 2.92. The molecular formula is C13H15NO3S3. The zero-order valence-corrected chi connectivity index (χ0v) is 13.2. The minimum Gasteiger partial charge on any atom is -0.478 e. The highest BCUT2D eigenvalue weighted by Gasteiger charge is 2.16. The molecule has 1 atom stereocenters. The van der Waals surface area contributed by atoms with E-state index in [-0.39, 0.29) is 5.91 Å². The van der Waals surface area contributed by atoms with E-state index in [4.69, 9.17) is 5.11 Å². The molecule has 7 heteroatoms. The molecule has 1 aliphatic rings. The highest BCUT2D eigenvalue weighted by molar-refractivity contribution is 8.06. The van der Waals surface area contributed by atoms with Crippen molar-refractivity contribution < 1.29 is 14.7 Å². The Hall–Kier alpha value is -0.920. The van der Waals surface area contributed by atoms with E-state index < -0.39 is 5.97 Å². The molecule has 1 fully saturated rings. The first-order chi connectivity index (χ1) is 9.65. The fraction of sp³-hybridized carbons (Fsp3) is 0.385. The fourth-order valence-electron chi connectivity index (χ4n) is 1.67. The van der Waals surface area contributed by atoms with Crippen LogP contribution in [0, 0.1) is 0 Å². The molecule has 108 valence electrons. The standard InChI is InChI=1S/C13H15NO3S3/c15-12(16)4-2-9-1-3-11(20-9)13(17)14-7-10-8-18-5-6-19-10/h1-4,10H,5-8H2,(H,14,17)(H,15,16)/b4-2+. The summed E-state index contributed by atoms with van der Waals surface area (Å²) in [7, 11) is 0. The molecule has 2 heterocycles. The van der Waals surface area contributed by atoms with Crippen LogP contribution in [0.3, 0.4) is 0 Å². The second-order valence-electron chi connectivity index (χ2n) is 4.15. The quantitative estimate of drug-likeness (QED) is 0.812. The third kappa shape index (κ3) is 4.88. The first kappa shape index (κ1) is 15.5. The molecule has 1 aliphatic heterocycles. The van der Waals surface area contributed by atoms with Gasteiger partial charge in [0.15, 0.2) is 0 Å². The van der Waals surface area contributed by atoms with Gasteiger partial charge in [-0.05, 0) is 18.2 Å². The van der Waals surface area contributed by atoms with Gasteiger partial charge in [0.25, 0.3) is 5.91 Å². The van der Waals surface area contributed by atoms with Gasteiger partial charge in [0.05, 0.1) is 4.88 Å². The van der Waals surface area contributed by atoms with Crippen LogP contribution in [0.1, 0.15) is 14.5 Å². The number of thioether (sulfide) groups is 2. The molecule has 0 radical (unpaired) electrons. The van der Waals surface area contributed by atoms with E-state index in [9.17, 15) is 9.59 Å². The Kier molecular flexibility index (Phi) is 6.00. The van der Waals surface area contributed by atoms with E-state index in [1.807, 2.05) is 23.5 Å². The Labute approximate surface area is 130 Å². The Balaban J connectivity index is 1.84. The van der Waals surface area contributed by atoms with Crippen molar-refractivity contribution in [2.45, 2.75) is 5.25 Å². The number of nitrogens with one attached hydrogen (secondary N) is 1. The van der Waals surface area contributed by atoms with E-state index in [0.717, 1.165) is 22.5 Å². The van der Waals surface area contributed by atoms with Crippen LogP contribution in [-0.4, -0.2) is 46.0 Å². The number of carboxylic acids is 1. The molecule has 0 spiro atoms. The van der Waals surface area contributed by atoms with E-state index in [0.29, 0.717) is 16.7 Å². The Bertz CT molecular complexity index is 507. The van der Waals surface area contributed by atoms with Crippen molar-refractivity contribution in [1.29, 1.82) is 0 Å². The number of rotatable bonds is 5. The van der Waals surface area contributed by atoms with Crippen LogP contribution in [0.15, 0.2) is 18.2 Å². The van der Waals surface area contributed by atoms with Gasteiger partial charge in [-0.2, -0.15) is 23.5 Å². The Morgan fingerprint density at radius 3 is 2.95 bits per heavy atom. The minimum atomic E-state index is -0.990. The highest BCUT2D eigenvalue weighted by atomic mass is 32.2. The molecular weight excluding hydrogens is 314 g/mol. The van der Waals surface area contributed by atoms with Crippen molar-refractivity contribution in [3.05, 3.63) is 28.0 Å².